The van der Waals surface area contributed by atoms with Crippen molar-refractivity contribution < 1.29 is 14.7 Å². The van der Waals surface area contributed by atoms with Gasteiger partial charge in [-0.2, -0.15) is 0 Å². The number of hydrogen-bond acceptors (Lipinski definition) is 4. The van der Waals surface area contributed by atoms with E-state index in [1.807, 2.05) is 37.3 Å². The maximum Gasteiger partial charge on any atom is 0.311 e. The first kappa shape index (κ1) is 19.6. The van der Waals surface area contributed by atoms with E-state index in [9.17, 15) is 14.7 Å². The van der Waals surface area contributed by atoms with Gasteiger partial charge in [-0.1, -0.05) is 30.3 Å². The van der Waals surface area contributed by atoms with Gasteiger partial charge in [0.05, 0.1) is 10.8 Å². The molecular formula is C19H22ClNO3S. The molecule has 134 valence electrons. The van der Waals surface area contributed by atoms with Gasteiger partial charge in [-0.05, 0) is 44.4 Å². The summed E-state index contributed by atoms with van der Waals surface area (Å²) >= 11 is 1.34. The maximum atomic E-state index is 13.0. The van der Waals surface area contributed by atoms with Crippen LogP contribution in [0.15, 0.2) is 30.3 Å². The van der Waals surface area contributed by atoms with Crippen molar-refractivity contribution in [3.8, 4) is 0 Å². The van der Waals surface area contributed by atoms with Crippen molar-refractivity contribution in [3.05, 3.63) is 56.8 Å². The van der Waals surface area contributed by atoms with E-state index in [0.717, 1.165) is 35.4 Å². The fourth-order valence-corrected chi connectivity index (χ4v) is 4.69. The summed E-state index contributed by atoms with van der Waals surface area (Å²) < 4.78 is 0. The van der Waals surface area contributed by atoms with Gasteiger partial charge >= 0.3 is 5.97 Å². The van der Waals surface area contributed by atoms with E-state index in [-0.39, 0.29) is 24.2 Å². The number of carboxylic acids is 1. The topological polar surface area (TPSA) is 66.4 Å². The van der Waals surface area contributed by atoms with E-state index in [2.05, 4.69) is 5.32 Å². The molecule has 0 aliphatic carbocycles. The van der Waals surface area contributed by atoms with Gasteiger partial charge in [0.15, 0.2) is 0 Å². The summed E-state index contributed by atoms with van der Waals surface area (Å²) in [6.07, 6.45) is 2.05. The molecule has 1 fully saturated rings. The van der Waals surface area contributed by atoms with E-state index in [0.29, 0.717) is 10.4 Å². The smallest absolute Gasteiger partial charge is 0.311 e. The number of hydrogen-bond donors (Lipinski definition) is 2. The van der Waals surface area contributed by atoms with Gasteiger partial charge < -0.3 is 10.4 Å². The fraction of sp³-hybridized carbons (Fsp3) is 0.368. The van der Waals surface area contributed by atoms with Crippen LogP contribution in [-0.2, 0) is 4.79 Å². The number of carboxylic acid groups (broad SMARTS) is 1. The first-order valence-corrected chi connectivity index (χ1v) is 9.01. The zero-order valence-corrected chi connectivity index (χ0v) is 15.9. The van der Waals surface area contributed by atoms with Crippen molar-refractivity contribution >= 4 is 35.5 Å². The van der Waals surface area contributed by atoms with Crippen molar-refractivity contribution in [1.29, 1.82) is 0 Å². The number of rotatable bonds is 5. The highest BCUT2D eigenvalue weighted by Crippen LogP contribution is 2.40. The van der Waals surface area contributed by atoms with E-state index in [4.69, 9.17) is 0 Å². The van der Waals surface area contributed by atoms with E-state index >= 15 is 0 Å². The molecule has 4 nitrogen and oxygen atoms in total. The minimum atomic E-state index is -0.857. The Kier molecular flexibility index (Phi) is 6.38. The summed E-state index contributed by atoms with van der Waals surface area (Å²) in [5.74, 6) is -1.48. The molecule has 2 aromatic rings. The molecule has 6 heteroatoms. The third-order valence-electron chi connectivity index (χ3n) is 4.64. The molecule has 1 aromatic carbocycles. The van der Waals surface area contributed by atoms with Crippen LogP contribution in [0.4, 0.5) is 0 Å². The number of nitrogens with one attached hydrogen (secondary N) is 1. The molecule has 25 heavy (non-hydrogen) atoms. The summed E-state index contributed by atoms with van der Waals surface area (Å²) in [6.45, 7) is 4.56. The molecule has 1 aromatic heterocycles. The lowest BCUT2D eigenvalue weighted by Gasteiger charge is -2.14. The molecule has 1 aliphatic heterocycles. The lowest BCUT2D eigenvalue weighted by atomic mass is 9.94. The van der Waals surface area contributed by atoms with Crippen LogP contribution in [0.25, 0.3) is 0 Å². The van der Waals surface area contributed by atoms with Gasteiger partial charge in [0.1, 0.15) is 0 Å². The van der Waals surface area contributed by atoms with Crippen LogP contribution in [0.5, 0.6) is 0 Å². The standard InChI is InChI=1S/C19H21NO3S.ClH/c1-11-15(14-9-6-10-20-14)18(24-17(11)12(2)19(22)23)16(21)13-7-4-3-5-8-13;/h3-5,7-8,12,14,20H,6,9-10H2,1-2H3,(H,22,23);1H. The zero-order chi connectivity index (χ0) is 17.3. The molecular weight excluding hydrogens is 358 g/mol. The summed E-state index contributed by atoms with van der Waals surface area (Å²) in [4.78, 5) is 25.9. The van der Waals surface area contributed by atoms with Crippen LogP contribution in [0, 0.1) is 6.92 Å². The van der Waals surface area contributed by atoms with Gasteiger partial charge in [0.25, 0.3) is 0 Å². The van der Waals surface area contributed by atoms with Crippen molar-refractivity contribution in [2.45, 2.75) is 38.6 Å². The normalized spacial score (nSPS) is 17.8. The predicted octanol–water partition coefficient (Wildman–Crippen LogP) is 4.32. The molecule has 1 aliphatic rings. The third kappa shape index (κ3) is 3.78. The van der Waals surface area contributed by atoms with Crippen molar-refractivity contribution in [1.82, 2.24) is 5.32 Å². The lowest BCUT2D eigenvalue weighted by Crippen LogP contribution is -2.16. The van der Waals surface area contributed by atoms with Crippen LogP contribution in [0.2, 0.25) is 0 Å². The average Bonchev–Trinajstić information content (AvgIpc) is 3.21. The number of aliphatic carboxylic acids is 1. The van der Waals surface area contributed by atoms with Crippen LogP contribution < -0.4 is 5.32 Å². The Morgan fingerprint density at radius 2 is 1.96 bits per heavy atom. The number of carbonyl (C=O) groups is 2. The summed E-state index contributed by atoms with van der Waals surface area (Å²) in [7, 11) is 0. The van der Waals surface area contributed by atoms with Gasteiger partial charge in [0.2, 0.25) is 5.78 Å². The quantitative estimate of drug-likeness (QED) is 0.759. The Labute approximate surface area is 157 Å². The number of thiophene rings is 1. The zero-order valence-electron chi connectivity index (χ0n) is 14.2. The summed E-state index contributed by atoms with van der Waals surface area (Å²) in [5, 5.41) is 12.8. The molecule has 1 saturated heterocycles. The minimum Gasteiger partial charge on any atom is -0.481 e. The highest BCUT2D eigenvalue weighted by Gasteiger charge is 2.31. The Balaban J connectivity index is 0.00000225. The van der Waals surface area contributed by atoms with Crippen LogP contribution >= 0.6 is 23.7 Å². The van der Waals surface area contributed by atoms with Crippen molar-refractivity contribution in [2.75, 3.05) is 6.54 Å². The lowest BCUT2D eigenvalue weighted by molar-refractivity contribution is -0.138. The molecule has 0 spiro atoms. The molecule has 0 saturated carbocycles. The molecule has 0 bridgehead atoms. The number of halogens is 1. The molecule has 2 atom stereocenters. The number of carbonyl (C=O) groups excluding carboxylic acids is 1. The van der Waals surface area contributed by atoms with E-state index < -0.39 is 11.9 Å². The van der Waals surface area contributed by atoms with E-state index in [1.165, 1.54) is 11.3 Å². The summed E-state index contributed by atoms with van der Waals surface area (Å²) in [6, 6.07) is 9.34. The van der Waals surface area contributed by atoms with Crippen LogP contribution in [-0.4, -0.2) is 23.4 Å². The SMILES string of the molecule is Cc1c(C(C)C(=O)O)sc(C(=O)c2ccccc2)c1C1CCCN1.Cl. The van der Waals surface area contributed by atoms with Gasteiger partial charge in [-0.15, -0.1) is 23.7 Å². The van der Waals surface area contributed by atoms with E-state index in [1.54, 1.807) is 6.92 Å². The second kappa shape index (κ2) is 8.13. The first-order chi connectivity index (χ1) is 11.5. The largest absolute Gasteiger partial charge is 0.481 e. The highest BCUT2D eigenvalue weighted by atomic mass is 35.5. The molecule has 2 unspecified atom stereocenters. The van der Waals surface area contributed by atoms with Crippen LogP contribution in [0.3, 0.4) is 0 Å². The maximum absolute atomic E-state index is 13.0. The van der Waals surface area contributed by atoms with Gasteiger partial charge in [0, 0.05) is 16.5 Å². The van der Waals surface area contributed by atoms with Gasteiger partial charge in [-0.3, -0.25) is 9.59 Å². The van der Waals surface area contributed by atoms with Crippen molar-refractivity contribution in [2.24, 2.45) is 0 Å². The van der Waals surface area contributed by atoms with Gasteiger partial charge in [-0.25, -0.2) is 0 Å². The summed E-state index contributed by atoms with van der Waals surface area (Å²) in [5.41, 5.74) is 2.59. The Morgan fingerprint density at radius 3 is 2.52 bits per heavy atom. The highest BCUT2D eigenvalue weighted by molar-refractivity contribution is 7.14. The number of benzene rings is 1. The molecule has 0 radical (unpaired) electrons. The molecule has 0 amide bonds. The molecule has 2 N–H and O–H groups in total. The first-order valence-electron chi connectivity index (χ1n) is 8.19. The average molecular weight is 380 g/mol. The number of ketones is 1. The monoisotopic (exact) mass is 379 g/mol. The minimum absolute atomic E-state index is 0. The predicted molar refractivity (Wildman–Crippen MR) is 102 cm³/mol. The van der Waals surface area contributed by atoms with Crippen molar-refractivity contribution in [3.63, 3.8) is 0 Å². The van der Waals surface area contributed by atoms with Crippen LogP contribution in [0.1, 0.15) is 63.0 Å². The third-order valence-corrected chi connectivity index (χ3v) is 6.13. The Bertz CT molecular complexity index is 766. The second-order valence-corrected chi connectivity index (χ2v) is 7.29. The second-order valence-electron chi connectivity index (χ2n) is 6.24. The molecule has 2 heterocycles. The Hall–Kier alpha value is -1.69. The fourth-order valence-electron chi connectivity index (χ4n) is 3.31. The molecule has 3 rings (SSSR count). The Morgan fingerprint density at radius 1 is 1.28 bits per heavy atom.